The minimum atomic E-state index is 0.0436. The summed E-state index contributed by atoms with van der Waals surface area (Å²) in [4.78, 5) is 23.1. The van der Waals surface area contributed by atoms with Crippen molar-refractivity contribution >= 4 is 17.4 Å². The first-order chi connectivity index (χ1) is 11.6. The van der Waals surface area contributed by atoms with Crippen molar-refractivity contribution in [1.29, 1.82) is 0 Å². The summed E-state index contributed by atoms with van der Waals surface area (Å²) < 4.78 is 0. The number of aromatic amines is 1. The Balaban J connectivity index is 1.67. The summed E-state index contributed by atoms with van der Waals surface area (Å²) in [6, 6.07) is 7.28. The van der Waals surface area contributed by atoms with Gasteiger partial charge in [0, 0.05) is 41.7 Å². The number of imidazole rings is 1. The number of nitrogens with zero attached hydrogens (tertiary/aromatic N) is 2. The van der Waals surface area contributed by atoms with E-state index in [0.717, 1.165) is 61.7 Å². The summed E-state index contributed by atoms with van der Waals surface area (Å²) in [7, 11) is 0. The summed E-state index contributed by atoms with van der Waals surface area (Å²) in [5.74, 6) is 1.28. The molecule has 1 N–H and O–H groups in total. The van der Waals surface area contributed by atoms with Crippen LogP contribution in [0.15, 0.2) is 24.3 Å². The van der Waals surface area contributed by atoms with E-state index in [2.05, 4.69) is 28.7 Å². The van der Waals surface area contributed by atoms with Crippen LogP contribution in [0.2, 0.25) is 5.02 Å². The maximum atomic E-state index is 12.8. The highest BCUT2D eigenvalue weighted by molar-refractivity contribution is 6.31. The average Bonchev–Trinajstić information content (AvgIpc) is 2.94. The Morgan fingerprint density at radius 2 is 2.29 bits per heavy atom. The molecule has 4 nitrogen and oxygen atoms in total. The molecule has 0 bridgehead atoms. The fourth-order valence-electron chi connectivity index (χ4n) is 3.39. The molecule has 3 rings (SSSR count). The Hall–Kier alpha value is -1.65. The number of Topliss-reactive ketones (excluding diaryl/α,β-unsaturated/α-hetero) is 1. The first-order valence-corrected chi connectivity index (χ1v) is 9.01. The number of H-pyrrole nitrogens is 1. The van der Waals surface area contributed by atoms with Gasteiger partial charge >= 0.3 is 0 Å². The molecule has 5 heteroatoms. The minimum Gasteiger partial charge on any atom is -0.346 e. The van der Waals surface area contributed by atoms with Crippen LogP contribution >= 0.6 is 11.6 Å². The van der Waals surface area contributed by atoms with Crippen molar-refractivity contribution in [2.45, 2.75) is 39.7 Å². The predicted octanol–water partition coefficient (Wildman–Crippen LogP) is 4.03. The molecule has 1 aliphatic heterocycles. The zero-order chi connectivity index (χ0) is 17.1. The van der Waals surface area contributed by atoms with E-state index in [1.165, 1.54) is 0 Å². The Bertz CT molecular complexity index is 725. The Labute approximate surface area is 148 Å². The highest BCUT2D eigenvalue weighted by Gasteiger charge is 2.27. The number of ketones is 1. The number of carbonyl (C=O) groups is 1. The van der Waals surface area contributed by atoms with E-state index in [0.29, 0.717) is 5.02 Å². The SMILES string of the molecule is CCc1nc(CN2CCC[C@@H](C(=O)c3cccc(Cl)c3)C2)c(C)[nH]1. The number of carbonyl (C=O) groups excluding carboxylic acids is 1. The van der Waals surface area contributed by atoms with Crippen molar-refractivity contribution in [3.05, 3.63) is 52.1 Å². The molecule has 128 valence electrons. The van der Waals surface area contributed by atoms with Crippen molar-refractivity contribution in [2.75, 3.05) is 13.1 Å². The second-order valence-corrected chi connectivity index (χ2v) is 6.99. The molecule has 0 spiro atoms. The number of benzene rings is 1. The molecule has 1 atom stereocenters. The monoisotopic (exact) mass is 345 g/mol. The highest BCUT2D eigenvalue weighted by atomic mass is 35.5. The number of hydrogen-bond acceptors (Lipinski definition) is 3. The van der Waals surface area contributed by atoms with Gasteiger partial charge in [0.15, 0.2) is 5.78 Å². The van der Waals surface area contributed by atoms with E-state index in [1.807, 2.05) is 12.1 Å². The third kappa shape index (κ3) is 3.87. The maximum Gasteiger partial charge on any atom is 0.167 e. The van der Waals surface area contributed by atoms with Crippen LogP contribution in [-0.2, 0) is 13.0 Å². The van der Waals surface area contributed by atoms with Crippen molar-refractivity contribution in [2.24, 2.45) is 5.92 Å². The lowest BCUT2D eigenvalue weighted by Gasteiger charge is -2.31. The standard InChI is InChI=1S/C19H24ClN3O/c1-3-18-21-13(2)17(22-18)12-23-9-5-7-15(11-23)19(24)14-6-4-8-16(20)10-14/h4,6,8,10,15H,3,5,7,9,11-12H2,1-2H3,(H,21,22)/t15-/m1/s1. The summed E-state index contributed by atoms with van der Waals surface area (Å²) >= 11 is 6.02. The van der Waals surface area contributed by atoms with E-state index in [1.54, 1.807) is 12.1 Å². The summed E-state index contributed by atoms with van der Waals surface area (Å²) in [6.45, 7) is 6.79. The second-order valence-electron chi connectivity index (χ2n) is 6.56. The molecule has 0 amide bonds. The molecule has 0 radical (unpaired) electrons. The number of halogens is 1. The van der Waals surface area contributed by atoms with Crippen LogP contribution < -0.4 is 0 Å². The van der Waals surface area contributed by atoms with Crippen LogP contribution in [0.4, 0.5) is 0 Å². The zero-order valence-electron chi connectivity index (χ0n) is 14.3. The smallest absolute Gasteiger partial charge is 0.167 e. The third-order valence-electron chi connectivity index (χ3n) is 4.73. The molecule has 1 aromatic carbocycles. The van der Waals surface area contributed by atoms with Gasteiger partial charge in [0.2, 0.25) is 0 Å². The van der Waals surface area contributed by atoms with Crippen LogP contribution in [0.3, 0.4) is 0 Å². The molecule has 1 fully saturated rings. The topological polar surface area (TPSA) is 49.0 Å². The van der Waals surface area contributed by atoms with Crippen molar-refractivity contribution in [3.63, 3.8) is 0 Å². The minimum absolute atomic E-state index is 0.0436. The average molecular weight is 346 g/mol. The number of aromatic nitrogens is 2. The van der Waals surface area contributed by atoms with Crippen LogP contribution in [0, 0.1) is 12.8 Å². The lowest BCUT2D eigenvalue weighted by molar-refractivity contribution is 0.0810. The van der Waals surface area contributed by atoms with Gasteiger partial charge in [-0.05, 0) is 38.4 Å². The maximum absolute atomic E-state index is 12.8. The number of aryl methyl sites for hydroxylation is 2. The lowest BCUT2D eigenvalue weighted by atomic mass is 9.90. The van der Waals surface area contributed by atoms with Crippen molar-refractivity contribution in [1.82, 2.24) is 14.9 Å². The van der Waals surface area contributed by atoms with Crippen LogP contribution in [-0.4, -0.2) is 33.7 Å². The largest absolute Gasteiger partial charge is 0.346 e. The van der Waals surface area contributed by atoms with Gasteiger partial charge in [0.25, 0.3) is 0 Å². The number of nitrogens with one attached hydrogen (secondary N) is 1. The number of piperidine rings is 1. The normalized spacial score (nSPS) is 18.7. The molecule has 1 saturated heterocycles. The molecule has 0 saturated carbocycles. The van der Waals surface area contributed by atoms with E-state index in [-0.39, 0.29) is 11.7 Å². The van der Waals surface area contributed by atoms with Gasteiger partial charge in [-0.3, -0.25) is 9.69 Å². The van der Waals surface area contributed by atoms with E-state index in [4.69, 9.17) is 11.6 Å². The van der Waals surface area contributed by atoms with Gasteiger partial charge in [-0.1, -0.05) is 30.7 Å². The Kier molecular flexibility index (Phi) is 5.36. The number of rotatable bonds is 5. The van der Waals surface area contributed by atoms with Gasteiger partial charge in [0.05, 0.1) is 5.69 Å². The first-order valence-electron chi connectivity index (χ1n) is 8.63. The summed E-state index contributed by atoms with van der Waals surface area (Å²) in [5.41, 5.74) is 2.96. The first kappa shape index (κ1) is 17.2. The highest BCUT2D eigenvalue weighted by Crippen LogP contribution is 2.24. The molecule has 0 unspecified atom stereocenters. The van der Waals surface area contributed by atoms with Gasteiger partial charge in [-0.15, -0.1) is 0 Å². The Morgan fingerprint density at radius 3 is 3.00 bits per heavy atom. The van der Waals surface area contributed by atoms with E-state index >= 15 is 0 Å². The fourth-order valence-corrected chi connectivity index (χ4v) is 3.58. The van der Waals surface area contributed by atoms with Gasteiger partial charge in [-0.2, -0.15) is 0 Å². The predicted molar refractivity (Wildman–Crippen MR) is 96.5 cm³/mol. The van der Waals surface area contributed by atoms with E-state index in [9.17, 15) is 4.79 Å². The van der Waals surface area contributed by atoms with Crippen LogP contribution in [0.5, 0.6) is 0 Å². The zero-order valence-corrected chi connectivity index (χ0v) is 15.1. The van der Waals surface area contributed by atoms with Crippen molar-refractivity contribution in [3.8, 4) is 0 Å². The van der Waals surface area contributed by atoms with Crippen LogP contribution in [0.25, 0.3) is 0 Å². The van der Waals surface area contributed by atoms with Gasteiger partial charge in [0.1, 0.15) is 5.82 Å². The van der Waals surface area contributed by atoms with Crippen molar-refractivity contribution < 1.29 is 4.79 Å². The number of likely N-dealkylation sites (tertiary alicyclic amines) is 1. The van der Waals surface area contributed by atoms with E-state index < -0.39 is 0 Å². The number of hydrogen-bond donors (Lipinski definition) is 1. The molecular formula is C19H24ClN3O. The Morgan fingerprint density at radius 1 is 1.46 bits per heavy atom. The fraction of sp³-hybridized carbons (Fsp3) is 0.474. The van der Waals surface area contributed by atoms with Gasteiger partial charge in [-0.25, -0.2) is 4.98 Å². The van der Waals surface area contributed by atoms with Crippen LogP contribution in [0.1, 0.15) is 47.3 Å². The molecule has 2 heterocycles. The molecule has 2 aromatic rings. The lowest BCUT2D eigenvalue weighted by Crippen LogP contribution is -2.38. The molecule has 24 heavy (non-hydrogen) atoms. The second kappa shape index (κ2) is 7.49. The molecular weight excluding hydrogens is 322 g/mol. The molecule has 1 aromatic heterocycles. The summed E-state index contributed by atoms with van der Waals surface area (Å²) in [6.07, 6.45) is 2.90. The molecule has 0 aliphatic carbocycles. The third-order valence-corrected chi connectivity index (χ3v) is 4.96. The van der Waals surface area contributed by atoms with Gasteiger partial charge < -0.3 is 4.98 Å². The molecule has 1 aliphatic rings. The summed E-state index contributed by atoms with van der Waals surface area (Å²) in [5, 5.41) is 0.618. The quantitative estimate of drug-likeness (QED) is 0.832.